The predicted molar refractivity (Wildman–Crippen MR) is 70.7 cm³/mol. The van der Waals surface area contributed by atoms with Gasteiger partial charge >= 0.3 is 0 Å². The summed E-state index contributed by atoms with van der Waals surface area (Å²) >= 11 is 6.19. The molecule has 1 aliphatic rings. The van der Waals surface area contributed by atoms with Crippen LogP contribution in [0.1, 0.15) is 0 Å². The molecule has 0 fully saturated rings. The monoisotopic (exact) mass is 281 g/mol. The van der Waals surface area contributed by atoms with E-state index in [2.05, 4.69) is 5.10 Å². The maximum Gasteiger partial charge on any atom is 0.231 e. The topological polar surface area (TPSA) is 71.5 Å². The maximum atomic E-state index is 6.19. The lowest BCUT2D eigenvalue weighted by atomic mass is 10.1. The van der Waals surface area contributed by atoms with Crippen LogP contribution in [0.5, 0.6) is 17.2 Å². The fourth-order valence-corrected chi connectivity index (χ4v) is 2.35. The third-order valence-corrected chi connectivity index (χ3v) is 3.31. The molecule has 2 aromatic rings. The van der Waals surface area contributed by atoms with Crippen LogP contribution in [0.3, 0.4) is 0 Å². The SMILES string of the molecule is COc1c(Cl)cc2c(c1-c1cnn(C)c1N)OCO2. The predicted octanol–water partition coefficient (Wildman–Crippen LogP) is 2.06. The summed E-state index contributed by atoms with van der Waals surface area (Å²) in [6.07, 6.45) is 1.64. The lowest BCUT2D eigenvalue weighted by Crippen LogP contribution is -1.99. The second kappa shape index (κ2) is 4.24. The third kappa shape index (κ3) is 1.67. The van der Waals surface area contributed by atoms with Gasteiger partial charge in [0.2, 0.25) is 6.79 Å². The number of benzene rings is 1. The van der Waals surface area contributed by atoms with E-state index in [1.54, 1.807) is 31.1 Å². The van der Waals surface area contributed by atoms with Crippen LogP contribution in [-0.2, 0) is 7.05 Å². The largest absolute Gasteiger partial charge is 0.494 e. The average Bonchev–Trinajstić information content (AvgIpc) is 2.96. The number of fused-ring (bicyclic) bond motifs is 1. The van der Waals surface area contributed by atoms with Crippen molar-refractivity contribution in [1.29, 1.82) is 0 Å². The summed E-state index contributed by atoms with van der Waals surface area (Å²) in [7, 11) is 3.30. The Hall–Kier alpha value is -2.08. The number of nitrogens with two attached hydrogens (primary N) is 1. The Morgan fingerprint density at radius 3 is 2.89 bits per heavy atom. The number of anilines is 1. The van der Waals surface area contributed by atoms with E-state index in [-0.39, 0.29) is 6.79 Å². The van der Waals surface area contributed by atoms with Crippen molar-refractivity contribution in [2.75, 3.05) is 19.6 Å². The molecule has 0 atom stereocenters. The van der Waals surface area contributed by atoms with Gasteiger partial charge < -0.3 is 19.9 Å². The number of aromatic nitrogens is 2. The molecular weight excluding hydrogens is 270 g/mol. The first-order valence-electron chi connectivity index (χ1n) is 5.57. The number of rotatable bonds is 2. The number of nitrogen functional groups attached to an aromatic ring is 1. The molecule has 6 nitrogen and oxygen atoms in total. The van der Waals surface area contributed by atoms with Gasteiger partial charge in [0.05, 0.1) is 29.5 Å². The Balaban J connectivity index is 2.33. The number of hydrogen-bond donors (Lipinski definition) is 1. The quantitative estimate of drug-likeness (QED) is 0.912. The number of methoxy groups -OCH3 is 1. The molecule has 7 heteroatoms. The fraction of sp³-hybridized carbons (Fsp3) is 0.250. The molecule has 2 N–H and O–H groups in total. The van der Waals surface area contributed by atoms with E-state index >= 15 is 0 Å². The molecule has 1 aromatic heterocycles. The zero-order valence-corrected chi connectivity index (χ0v) is 11.2. The van der Waals surface area contributed by atoms with Crippen LogP contribution in [0.4, 0.5) is 5.82 Å². The molecule has 19 heavy (non-hydrogen) atoms. The normalized spacial score (nSPS) is 12.8. The van der Waals surface area contributed by atoms with Crippen LogP contribution < -0.4 is 19.9 Å². The van der Waals surface area contributed by atoms with E-state index in [1.807, 2.05) is 0 Å². The summed E-state index contributed by atoms with van der Waals surface area (Å²) in [5.74, 6) is 2.13. The van der Waals surface area contributed by atoms with E-state index in [0.717, 1.165) is 0 Å². The maximum absolute atomic E-state index is 6.19. The van der Waals surface area contributed by atoms with Crippen LogP contribution in [-0.4, -0.2) is 23.7 Å². The smallest absolute Gasteiger partial charge is 0.231 e. The van der Waals surface area contributed by atoms with Crippen molar-refractivity contribution in [3.8, 4) is 28.4 Å². The van der Waals surface area contributed by atoms with Gasteiger partial charge in [0.25, 0.3) is 0 Å². The molecule has 0 amide bonds. The third-order valence-electron chi connectivity index (χ3n) is 3.03. The van der Waals surface area contributed by atoms with Crippen molar-refractivity contribution in [3.05, 3.63) is 17.3 Å². The van der Waals surface area contributed by atoms with Gasteiger partial charge in [0.1, 0.15) is 11.6 Å². The van der Waals surface area contributed by atoms with Crippen molar-refractivity contribution >= 4 is 17.4 Å². The van der Waals surface area contributed by atoms with Crippen molar-refractivity contribution in [1.82, 2.24) is 9.78 Å². The van der Waals surface area contributed by atoms with Gasteiger partial charge in [-0.15, -0.1) is 0 Å². The van der Waals surface area contributed by atoms with Crippen LogP contribution >= 0.6 is 11.6 Å². The Bertz CT molecular complexity index is 650. The van der Waals surface area contributed by atoms with Gasteiger partial charge in [-0.2, -0.15) is 5.10 Å². The molecule has 0 unspecified atom stereocenters. The van der Waals surface area contributed by atoms with Crippen molar-refractivity contribution in [3.63, 3.8) is 0 Å². The first-order valence-corrected chi connectivity index (χ1v) is 5.95. The molecule has 3 rings (SSSR count). The molecule has 0 saturated heterocycles. The van der Waals surface area contributed by atoms with Gasteiger partial charge in [-0.25, -0.2) is 0 Å². The molecule has 1 aromatic carbocycles. The number of hydrogen-bond acceptors (Lipinski definition) is 5. The zero-order chi connectivity index (χ0) is 13.6. The Kier molecular flexibility index (Phi) is 2.67. The van der Waals surface area contributed by atoms with Crippen LogP contribution in [0.2, 0.25) is 5.02 Å². The molecule has 0 aliphatic carbocycles. The second-order valence-corrected chi connectivity index (χ2v) is 4.47. The van der Waals surface area contributed by atoms with Crippen molar-refractivity contribution in [2.24, 2.45) is 7.05 Å². The number of aryl methyl sites for hydroxylation is 1. The lowest BCUT2D eigenvalue weighted by molar-refractivity contribution is 0.174. The van der Waals surface area contributed by atoms with E-state index in [0.29, 0.717) is 39.2 Å². The highest BCUT2D eigenvalue weighted by atomic mass is 35.5. The number of halogens is 1. The first kappa shape index (κ1) is 12.0. The van der Waals surface area contributed by atoms with E-state index in [4.69, 9.17) is 31.5 Å². The number of ether oxygens (including phenoxy) is 3. The van der Waals surface area contributed by atoms with Gasteiger partial charge in [-0.3, -0.25) is 4.68 Å². The molecule has 0 radical (unpaired) electrons. The van der Waals surface area contributed by atoms with Gasteiger partial charge in [-0.05, 0) is 0 Å². The van der Waals surface area contributed by atoms with Gasteiger partial charge in [0.15, 0.2) is 11.5 Å². The highest BCUT2D eigenvalue weighted by Gasteiger charge is 2.27. The van der Waals surface area contributed by atoms with Gasteiger partial charge in [0, 0.05) is 13.1 Å². The highest BCUT2D eigenvalue weighted by Crippen LogP contribution is 2.51. The van der Waals surface area contributed by atoms with E-state index in [1.165, 1.54) is 0 Å². The minimum Gasteiger partial charge on any atom is -0.494 e. The Labute approximate surface area is 114 Å². The van der Waals surface area contributed by atoms with Crippen LogP contribution in [0.25, 0.3) is 11.1 Å². The minimum absolute atomic E-state index is 0.145. The molecular formula is C12H12ClN3O3. The van der Waals surface area contributed by atoms with Crippen LogP contribution in [0, 0.1) is 0 Å². The molecule has 0 saturated carbocycles. The summed E-state index contributed by atoms with van der Waals surface area (Å²) in [6.45, 7) is 0.145. The zero-order valence-electron chi connectivity index (χ0n) is 10.4. The van der Waals surface area contributed by atoms with Crippen LogP contribution in [0.15, 0.2) is 12.3 Å². The number of nitrogens with zero attached hydrogens (tertiary/aromatic N) is 2. The molecule has 0 bridgehead atoms. The fourth-order valence-electron chi connectivity index (χ4n) is 2.08. The standard InChI is InChI=1S/C12H12ClN3O3/c1-16-12(14)6(4-15-16)9-10(17-2)7(13)3-8-11(9)19-5-18-8/h3-4H,5,14H2,1-2H3. The van der Waals surface area contributed by atoms with Gasteiger partial charge in [-0.1, -0.05) is 11.6 Å². The minimum atomic E-state index is 0.145. The van der Waals surface area contributed by atoms with Crippen molar-refractivity contribution in [2.45, 2.75) is 0 Å². The summed E-state index contributed by atoms with van der Waals surface area (Å²) in [5.41, 5.74) is 7.37. The molecule has 1 aliphatic heterocycles. The first-order chi connectivity index (χ1) is 9.13. The molecule has 100 valence electrons. The summed E-state index contributed by atoms with van der Waals surface area (Å²) in [5, 5.41) is 4.55. The highest BCUT2D eigenvalue weighted by molar-refractivity contribution is 6.33. The average molecular weight is 282 g/mol. The molecule has 2 heterocycles. The van der Waals surface area contributed by atoms with E-state index < -0.39 is 0 Å². The summed E-state index contributed by atoms with van der Waals surface area (Å²) in [6, 6.07) is 1.67. The molecule has 0 spiro atoms. The summed E-state index contributed by atoms with van der Waals surface area (Å²) in [4.78, 5) is 0. The van der Waals surface area contributed by atoms with E-state index in [9.17, 15) is 0 Å². The Morgan fingerprint density at radius 1 is 1.47 bits per heavy atom. The second-order valence-electron chi connectivity index (χ2n) is 4.07. The Morgan fingerprint density at radius 2 is 2.26 bits per heavy atom. The lowest BCUT2D eigenvalue weighted by Gasteiger charge is -2.12. The van der Waals surface area contributed by atoms with Crippen molar-refractivity contribution < 1.29 is 14.2 Å². The summed E-state index contributed by atoms with van der Waals surface area (Å²) < 4.78 is 17.8.